The molecule has 4 aliphatic heterocycles. The van der Waals surface area contributed by atoms with Crippen LogP contribution in [-0.4, -0.2) is 221 Å². The number of carbonyl (C=O) groups excluding carboxylic acids is 12. The molecular weight excluding hydrogens is 1580 g/mol. The fourth-order valence-corrected chi connectivity index (χ4v) is 18.5. The summed E-state index contributed by atoms with van der Waals surface area (Å²) in [7, 11) is 0. The van der Waals surface area contributed by atoms with Gasteiger partial charge in [0.1, 0.15) is 66.5 Å². The van der Waals surface area contributed by atoms with Crippen LogP contribution in [0.2, 0.25) is 0 Å². The summed E-state index contributed by atoms with van der Waals surface area (Å²) in [6, 6.07) is 23.3. The summed E-state index contributed by atoms with van der Waals surface area (Å²) in [6.45, 7) is 8.53. The highest BCUT2D eigenvalue weighted by Gasteiger charge is 2.46. The van der Waals surface area contributed by atoms with E-state index in [1.54, 1.807) is 31.0 Å². The van der Waals surface area contributed by atoms with Gasteiger partial charge in [-0.1, -0.05) is 125 Å². The average Bonchev–Trinajstić information content (AvgIpc) is 1.30. The zero-order chi connectivity index (χ0) is 87.4. The fourth-order valence-electron chi connectivity index (χ4n) is 18.5. The Morgan fingerprint density at radius 3 is 0.984 bits per heavy atom. The zero-order valence-corrected chi connectivity index (χ0v) is 70.7. The van der Waals surface area contributed by atoms with Crippen molar-refractivity contribution in [3.63, 3.8) is 0 Å². The number of aromatic amines is 5. The van der Waals surface area contributed by atoms with Crippen LogP contribution in [0.3, 0.4) is 0 Å². The Morgan fingerprint density at radius 2 is 0.653 bits per heavy atom. The van der Waals surface area contributed by atoms with Gasteiger partial charge in [0.2, 0.25) is 70.9 Å². The van der Waals surface area contributed by atoms with Gasteiger partial charge >= 0.3 is 0 Å². The second-order valence-electron chi connectivity index (χ2n) is 34.2. The molecule has 4 fully saturated rings. The largest absolute Gasteiger partial charge is 0.368 e. The highest BCUT2D eigenvalue weighted by molar-refractivity contribution is 6.02. The number of hydrogen-bond acceptors (Lipinski definition) is 14. The van der Waals surface area contributed by atoms with Crippen LogP contribution in [0.5, 0.6) is 0 Å². The molecular formula is C93H115N19O12. The standard InChI is InChI=1S/C93H115N19O12/c1-5-54(4)81(95)89(120)108-73(42-53(2)3)90(121)110-39-19-34-78(110)86(117)103-71(43-55-48-97-65-27-11-6-22-60(55)65)84(115)102-70(32-16-17-37-94)83(114)105-74(45-57-50-99-67-29-13-8-24-62(57)67)92(123)111-40-20-35-79(111)87(118)104-72(44-56-49-98-66-28-12-7-23-61(56)66)85(116)106-75(46-58-51-100-68-30-14-9-25-63(58)68)93(124)112-41-21-36-80(112)88(119)107-76(91(122)109-38-18-33-77(109)82(96)113)47-59-52-101-69-31-15-10-26-64(59)69/h6-15,22-31,48-54,70-81,97-101H,5,16-21,32-47,94-95H2,1-4H3,(H2,96,113)(H,102,115)(H,103,117)(H,104,118)(H,105,114)(H,106,116)(H,107,119)(H,108,120)/t54-,70-,71-,72-,73-,74-,75-,76-,77-,78-,79-,80-,81-/m0/s1. The van der Waals surface area contributed by atoms with Crippen molar-refractivity contribution in [1.29, 1.82) is 0 Å². The summed E-state index contributed by atoms with van der Waals surface area (Å²) < 4.78 is 0. The molecule has 0 bridgehead atoms. The number of aromatic nitrogens is 5. The Hall–Kier alpha value is -12.6. The molecule has 4 saturated heterocycles. The van der Waals surface area contributed by atoms with E-state index in [9.17, 15) is 19.2 Å². The molecule has 0 aliphatic carbocycles. The van der Waals surface area contributed by atoms with Gasteiger partial charge in [-0.05, 0) is 154 Å². The van der Waals surface area contributed by atoms with Crippen LogP contribution in [0.1, 0.15) is 139 Å². The van der Waals surface area contributed by atoms with E-state index >= 15 is 38.4 Å². The first-order valence-electron chi connectivity index (χ1n) is 43.8. The van der Waals surface area contributed by atoms with E-state index < -0.39 is 143 Å². The molecule has 0 spiro atoms. The summed E-state index contributed by atoms with van der Waals surface area (Å²) in [5.41, 5.74) is 25.5. The number of likely N-dealkylation sites (tertiary alicyclic amines) is 4. The summed E-state index contributed by atoms with van der Waals surface area (Å²) >= 11 is 0. The molecule has 13 atom stereocenters. The third kappa shape index (κ3) is 19.8. The number of primary amides is 1. The van der Waals surface area contributed by atoms with Gasteiger partial charge < -0.3 is 98.9 Å². The maximum atomic E-state index is 16.0. The second kappa shape index (κ2) is 39.7. The monoisotopic (exact) mass is 1690 g/mol. The number of rotatable bonds is 37. The third-order valence-corrected chi connectivity index (χ3v) is 25.4. The van der Waals surface area contributed by atoms with Crippen LogP contribution in [0.15, 0.2) is 152 Å². The second-order valence-corrected chi connectivity index (χ2v) is 34.2. The van der Waals surface area contributed by atoms with Gasteiger partial charge in [0.25, 0.3) is 0 Å². The molecule has 0 radical (unpaired) electrons. The Bertz CT molecular complexity index is 5570. The van der Waals surface area contributed by atoms with Crippen LogP contribution in [0.4, 0.5) is 0 Å². The van der Waals surface area contributed by atoms with E-state index in [-0.39, 0.29) is 109 Å². The van der Waals surface area contributed by atoms with Crippen LogP contribution >= 0.6 is 0 Å². The Balaban J connectivity index is 0.732. The number of nitrogens with two attached hydrogens (primary N) is 3. The lowest BCUT2D eigenvalue weighted by molar-refractivity contribution is -0.144. The molecule has 5 aromatic carbocycles. The number of nitrogens with zero attached hydrogens (tertiary/aromatic N) is 4. The first kappa shape index (κ1) is 87.7. The number of carbonyl (C=O) groups is 12. The predicted octanol–water partition coefficient (Wildman–Crippen LogP) is 6.00. The van der Waals surface area contributed by atoms with Crippen molar-refractivity contribution in [2.24, 2.45) is 29.0 Å². The number of unbranched alkanes of at least 4 members (excludes halogenated alkanes) is 1. The smallest absolute Gasteiger partial charge is 0.246 e. The minimum absolute atomic E-state index is 0.0296. The summed E-state index contributed by atoms with van der Waals surface area (Å²) in [6.07, 6.45) is 12.9. The Labute approximate surface area is 718 Å². The molecule has 12 amide bonds. The minimum atomic E-state index is -1.42. The lowest BCUT2D eigenvalue weighted by Gasteiger charge is -2.32. The van der Waals surface area contributed by atoms with Crippen LogP contribution in [0.25, 0.3) is 54.5 Å². The molecule has 0 unspecified atom stereocenters. The average molecular weight is 1690 g/mol. The highest BCUT2D eigenvalue weighted by atomic mass is 16.2. The molecule has 31 nitrogen and oxygen atoms in total. The molecule has 4 aliphatic rings. The number of amides is 12. The Kier molecular flexibility index (Phi) is 28.1. The number of para-hydroxylation sites is 5. The van der Waals surface area contributed by atoms with E-state index in [0.29, 0.717) is 73.6 Å². The molecule has 5 aromatic heterocycles. The van der Waals surface area contributed by atoms with Gasteiger partial charge in [-0.15, -0.1) is 0 Å². The van der Waals surface area contributed by atoms with Gasteiger partial charge in [0.15, 0.2) is 0 Å². The highest BCUT2D eigenvalue weighted by Crippen LogP contribution is 2.31. The van der Waals surface area contributed by atoms with Crippen molar-refractivity contribution in [2.75, 3.05) is 32.7 Å². The number of hydrogen-bond donors (Lipinski definition) is 15. The van der Waals surface area contributed by atoms with E-state index in [0.717, 1.165) is 60.1 Å². The topological polar surface area (TPSA) is 459 Å². The molecule has 124 heavy (non-hydrogen) atoms. The first-order chi connectivity index (χ1) is 59.9. The van der Waals surface area contributed by atoms with Crippen molar-refractivity contribution in [3.8, 4) is 0 Å². The van der Waals surface area contributed by atoms with Crippen molar-refractivity contribution < 1.29 is 57.5 Å². The molecule has 10 aromatic rings. The van der Waals surface area contributed by atoms with Gasteiger partial charge in [-0.2, -0.15) is 0 Å². The van der Waals surface area contributed by atoms with E-state index in [4.69, 9.17) is 17.2 Å². The maximum absolute atomic E-state index is 16.0. The molecule has 14 rings (SSSR count). The zero-order valence-electron chi connectivity index (χ0n) is 70.7. The fraction of sp³-hybridized carbons (Fsp3) is 0.441. The number of benzene rings is 5. The summed E-state index contributed by atoms with van der Waals surface area (Å²) in [5, 5.41) is 24.9. The maximum Gasteiger partial charge on any atom is 0.246 e. The van der Waals surface area contributed by atoms with Gasteiger partial charge in [-0.25, -0.2) is 0 Å². The summed E-state index contributed by atoms with van der Waals surface area (Å²) in [5.74, 6) is -7.67. The van der Waals surface area contributed by atoms with Crippen LogP contribution < -0.4 is 54.4 Å². The molecule has 18 N–H and O–H groups in total. The first-order valence-corrected chi connectivity index (χ1v) is 43.8. The number of nitrogens with one attached hydrogen (secondary N) is 12. The predicted molar refractivity (Wildman–Crippen MR) is 471 cm³/mol. The van der Waals surface area contributed by atoms with Crippen molar-refractivity contribution in [1.82, 2.24) is 81.7 Å². The number of fused-ring (bicyclic) bond motifs is 5. The molecule has 31 heteroatoms. The minimum Gasteiger partial charge on any atom is -0.368 e. The van der Waals surface area contributed by atoms with Crippen LogP contribution in [0, 0.1) is 11.8 Å². The molecule has 654 valence electrons. The third-order valence-electron chi connectivity index (χ3n) is 25.4. The molecule has 0 saturated carbocycles. The van der Waals surface area contributed by atoms with Crippen molar-refractivity contribution in [2.45, 2.75) is 216 Å². The van der Waals surface area contributed by atoms with Crippen molar-refractivity contribution >= 4 is 125 Å². The normalized spacial score (nSPS) is 18.8. The quantitative estimate of drug-likeness (QED) is 0.0199. The Morgan fingerprint density at radius 1 is 0.371 bits per heavy atom. The summed E-state index contributed by atoms with van der Waals surface area (Å²) in [4.78, 5) is 203. The van der Waals surface area contributed by atoms with E-state index in [1.165, 1.54) is 19.6 Å². The lowest BCUT2D eigenvalue weighted by atomic mass is 9.97. The van der Waals surface area contributed by atoms with E-state index in [2.05, 4.69) is 62.1 Å². The lowest BCUT2D eigenvalue weighted by Crippen LogP contribution is -2.61. The van der Waals surface area contributed by atoms with Crippen LogP contribution in [-0.2, 0) is 89.6 Å². The van der Waals surface area contributed by atoms with Crippen molar-refractivity contribution in [3.05, 3.63) is 180 Å². The molecule has 9 heterocycles. The van der Waals surface area contributed by atoms with Gasteiger partial charge in [0.05, 0.1) is 6.04 Å². The van der Waals surface area contributed by atoms with E-state index in [1.807, 2.05) is 149 Å². The number of H-pyrrole nitrogens is 5. The SMILES string of the molecule is CC[C@H](C)[C@H](N)C(=O)N[C@@H](CC(C)C)C(=O)N1CCC[C@H]1C(=O)N[C@@H](Cc1c[nH]c2ccccc12)C(=O)N[C@@H](CCCCN)C(=O)N[C@@H](Cc1c[nH]c2ccccc12)C(=O)N1CCC[C@H]1C(=O)N[C@@H](Cc1c[nH]c2ccccc12)C(=O)N[C@@H](Cc1c[nH]c2ccccc12)C(=O)N1CCC[C@H]1C(=O)N[C@@H](Cc1c[nH]c2ccccc12)C(=O)N1CCC[C@H]1C(N)=O. The van der Waals surface area contributed by atoms with Gasteiger partial charge in [0, 0.05) is 144 Å². The van der Waals surface area contributed by atoms with Gasteiger partial charge in [-0.3, -0.25) is 57.5 Å².